The van der Waals surface area contributed by atoms with Gasteiger partial charge in [0, 0.05) is 24.3 Å². The maximum absolute atomic E-state index is 12.5. The Bertz CT molecular complexity index is 768. The molecule has 1 aromatic carbocycles. The zero-order valence-corrected chi connectivity index (χ0v) is 14.8. The first kappa shape index (κ1) is 17.4. The van der Waals surface area contributed by atoms with Gasteiger partial charge in [-0.3, -0.25) is 14.4 Å². The van der Waals surface area contributed by atoms with E-state index in [1.807, 2.05) is 17.5 Å². The van der Waals surface area contributed by atoms with Gasteiger partial charge in [0.15, 0.2) is 5.78 Å². The molecule has 1 aromatic heterocycles. The van der Waals surface area contributed by atoms with Crippen molar-refractivity contribution < 1.29 is 14.4 Å². The smallest absolute Gasteiger partial charge is 0.263 e. The van der Waals surface area contributed by atoms with E-state index in [0.29, 0.717) is 29.2 Å². The zero-order valence-electron chi connectivity index (χ0n) is 14.0. The first-order chi connectivity index (χ1) is 12.0. The molecule has 1 saturated heterocycles. The lowest BCUT2D eigenvalue weighted by atomic mass is 9.96. The number of likely N-dealkylation sites (tertiary alicyclic amines) is 1. The Balaban J connectivity index is 1.61. The van der Waals surface area contributed by atoms with E-state index in [1.165, 1.54) is 18.3 Å². The quantitative estimate of drug-likeness (QED) is 0.854. The fourth-order valence-electron chi connectivity index (χ4n) is 2.96. The highest BCUT2D eigenvalue weighted by atomic mass is 32.1. The van der Waals surface area contributed by atoms with Crippen LogP contribution >= 0.6 is 11.3 Å². The van der Waals surface area contributed by atoms with Crippen molar-refractivity contribution >= 4 is 34.6 Å². The third kappa shape index (κ3) is 4.14. The van der Waals surface area contributed by atoms with Crippen molar-refractivity contribution in [3.05, 3.63) is 52.2 Å². The van der Waals surface area contributed by atoms with Crippen LogP contribution in [0.5, 0.6) is 0 Å². The Labute approximate surface area is 150 Å². The SMILES string of the molecule is CC(=O)c1ccc(NC(=O)[C@H]2CCCN(C(=O)c3cccs3)C2)cc1. The van der Waals surface area contributed by atoms with E-state index in [4.69, 9.17) is 0 Å². The lowest BCUT2D eigenvalue weighted by Crippen LogP contribution is -2.43. The molecule has 2 amide bonds. The third-order valence-corrected chi connectivity index (χ3v) is 5.23. The van der Waals surface area contributed by atoms with Gasteiger partial charge in [0.25, 0.3) is 5.91 Å². The summed E-state index contributed by atoms with van der Waals surface area (Å²) in [5, 5.41) is 4.77. The highest BCUT2D eigenvalue weighted by Crippen LogP contribution is 2.22. The fourth-order valence-corrected chi connectivity index (χ4v) is 3.66. The molecule has 1 fully saturated rings. The number of carbonyl (C=O) groups is 3. The van der Waals surface area contributed by atoms with Crippen molar-refractivity contribution in [3.63, 3.8) is 0 Å². The van der Waals surface area contributed by atoms with Crippen LogP contribution in [0.4, 0.5) is 5.69 Å². The first-order valence-corrected chi connectivity index (χ1v) is 9.17. The molecule has 0 aliphatic carbocycles. The molecule has 0 spiro atoms. The van der Waals surface area contributed by atoms with E-state index in [0.717, 1.165) is 12.8 Å². The second-order valence-electron chi connectivity index (χ2n) is 6.19. The second-order valence-corrected chi connectivity index (χ2v) is 7.14. The number of amides is 2. The standard InChI is InChI=1S/C19H20N2O3S/c1-13(22)14-6-8-16(9-7-14)20-18(23)15-4-2-10-21(12-15)19(24)17-5-3-11-25-17/h3,5-9,11,15H,2,4,10,12H2,1H3,(H,20,23)/t15-/m0/s1. The zero-order chi connectivity index (χ0) is 17.8. The number of nitrogens with zero attached hydrogens (tertiary/aromatic N) is 1. The average Bonchev–Trinajstić information content (AvgIpc) is 3.16. The molecule has 130 valence electrons. The van der Waals surface area contributed by atoms with Gasteiger partial charge in [-0.25, -0.2) is 0 Å². The number of hydrogen-bond acceptors (Lipinski definition) is 4. The topological polar surface area (TPSA) is 66.5 Å². The van der Waals surface area contributed by atoms with Crippen LogP contribution in [0.15, 0.2) is 41.8 Å². The Hall–Kier alpha value is -2.47. The number of rotatable bonds is 4. The van der Waals surface area contributed by atoms with Gasteiger partial charge in [-0.1, -0.05) is 6.07 Å². The Morgan fingerprint density at radius 2 is 1.92 bits per heavy atom. The van der Waals surface area contributed by atoms with Crippen LogP contribution in [0.3, 0.4) is 0 Å². The summed E-state index contributed by atoms with van der Waals surface area (Å²) in [6.45, 7) is 2.64. The van der Waals surface area contributed by atoms with Crippen molar-refractivity contribution in [1.29, 1.82) is 0 Å². The summed E-state index contributed by atoms with van der Waals surface area (Å²) in [4.78, 5) is 38.8. The molecule has 0 bridgehead atoms. The molecule has 0 saturated carbocycles. The van der Waals surface area contributed by atoms with E-state index in [-0.39, 0.29) is 23.5 Å². The minimum absolute atomic E-state index is 0.00156. The summed E-state index contributed by atoms with van der Waals surface area (Å²) in [5.74, 6) is -0.310. The molecule has 6 heteroatoms. The van der Waals surface area contributed by atoms with Crippen molar-refractivity contribution in [2.45, 2.75) is 19.8 Å². The molecule has 5 nitrogen and oxygen atoms in total. The normalized spacial score (nSPS) is 17.2. The highest BCUT2D eigenvalue weighted by Gasteiger charge is 2.29. The van der Waals surface area contributed by atoms with Crippen LogP contribution in [0.1, 0.15) is 39.8 Å². The number of thiophene rings is 1. The van der Waals surface area contributed by atoms with Gasteiger partial charge in [0.1, 0.15) is 0 Å². The number of hydrogen-bond donors (Lipinski definition) is 1. The molecule has 2 heterocycles. The van der Waals surface area contributed by atoms with E-state index in [1.54, 1.807) is 29.2 Å². The molecule has 0 unspecified atom stereocenters. The van der Waals surface area contributed by atoms with Crippen molar-refractivity contribution in [3.8, 4) is 0 Å². The second kappa shape index (κ2) is 7.61. The van der Waals surface area contributed by atoms with Gasteiger partial charge < -0.3 is 10.2 Å². The highest BCUT2D eigenvalue weighted by molar-refractivity contribution is 7.12. The summed E-state index contributed by atoms with van der Waals surface area (Å²) >= 11 is 1.42. The van der Waals surface area contributed by atoms with E-state index in [9.17, 15) is 14.4 Å². The molecular formula is C19H20N2O3S. The van der Waals surface area contributed by atoms with Crippen molar-refractivity contribution in [2.24, 2.45) is 5.92 Å². The minimum Gasteiger partial charge on any atom is -0.337 e. The molecule has 1 aliphatic heterocycles. The van der Waals surface area contributed by atoms with Crippen molar-refractivity contribution in [2.75, 3.05) is 18.4 Å². The van der Waals surface area contributed by atoms with Crippen LogP contribution in [-0.4, -0.2) is 35.6 Å². The number of nitrogens with one attached hydrogen (secondary N) is 1. The maximum Gasteiger partial charge on any atom is 0.263 e. The summed E-state index contributed by atoms with van der Waals surface area (Å²) in [7, 11) is 0. The Morgan fingerprint density at radius 3 is 2.56 bits per heavy atom. The lowest BCUT2D eigenvalue weighted by Gasteiger charge is -2.31. The van der Waals surface area contributed by atoms with Gasteiger partial charge in [0.05, 0.1) is 10.8 Å². The number of piperidine rings is 1. The molecular weight excluding hydrogens is 336 g/mol. The van der Waals surface area contributed by atoms with Crippen LogP contribution in [0.25, 0.3) is 0 Å². The van der Waals surface area contributed by atoms with Gasteiger partial charge in [-0.2, -0.15) is 0 Å². The minimum atomic E-state index is -0.217. The predicted molar refractivity (Wildman–Crippen MR) is 98.0 cm³/mol. The first-order valence-electron chi connectivity index (χ1n) is 8.29. The third-order valence-electron chi connectivity index (χ3n) is 4.37. The monoisotopic (exact) mass is 356 g/mol. The van der Waals surface area contributed by atoms with E-state index < -0.39 is 0 Å². The van der Waals surface area contributed by atoms with Crippen LogP contribution in [0.2, 0.25) is 0 Å². The molecule has 1 N–H and O–H groups in total. The number of benzene rings is 1. The summed E-state index contributed by atoms with van der Waals surface area (Å²) < 4.78 is 0. The number of carbonyl (C=O) groups excluding carboxylic acids is 3. The van der Waals surface area contributed by atoms with Crippen LogP contribution < -0.4 is 5.32 Å². The van der Waals surface area contributed by atoms with E-state index in [2.05, 4.69) is 5.32 Å². The van der Waals surface area contributed by atoms with Gasteiger partial charge in [-0.05, 0) is 55.5 Å². The predicted octanol–water partition coefficient (Wildman–Crippen LogP) is 3.44. The van der Waals surface area contributed by atoms with Gasteiger partial charge >= 0.3 is 0 Å². The Morgan fingerprint density at radius 1 is 1.16 bits per heavy atom. The molecule has 1 atom stereocenters. The number of ketones is 1. The summed E-state index contributed by atoms with van der Waals surface area (Å²) in [5.41, 5.74) is 1.28. The summed E-state index contributed by atoms with van der Waals surface area (Å²) in [6.07, 6.45) is 1.59. The van der Waals surface area contributed by atoms with E-state index >= 15 is 0 Å². The van der Waals surface area contributed by atoms with Crippen molar-refractivity contribution in [1.82, 2.24) is 4.90 Å². The van der Waals surface area contributed by atoms with Crippen LogP contribution in [-0.2, 0) is 4.79 Å². The largest absolute Gasteiger partial charge is 0.337 e. The molecule has 25 heavy (non-hydrogen) atoms. The molecule has 3 rings (SSSR count). The lowest BCUT2D eigenvalue weighted by molar-refractivity contribution is -0.121. The van der Waals surface area contributed by atoms with Gasteiger partial charge in [0.2, 0.25) is 5.91 Å². The fraction of sp³-hybridized carbons (Fsp3) is 0.316. The summed E-state index contributed by atoms with van der Waals surface area (Å²) in [6, 6.07) is 10.5. The molecule has 0 radical (unpaired) electrons. The molecule has 2 aromatic rings. The molecule has 1 aliphatic rings. The number of anilines is 1. The van der Waals surface area contributed by atoms with Crippen LogP contribution in [0, 0.1) is 5.92 Å². The Kier molecular flexibility index (Phi) is 5.28. The average molecular weight is 356 g/mol. The number of Topliss-reactive ketones (excluding diaryl/α,β-unsaturated/α-hetero) is 1. The maximum atomic E-state index is 12.5. The van der Waals surface area contributed by atoms with Gasteiger partial charge in [-0.15, -0.1) is 11.3 Å².